The zero-order chi connectivity index (χ0) is 21.7. The molecule has 2 aromatic carbocycles. The number of halogens is 1. The van der Waals surface area contributed by atoms with E-state index in [2.05, 4.69) is 25.7 Å². The number of benzene rings is 2. The van der Waals surface area contributed by atoms with Crippen LogP contribution in [0.2, 0.25) is 5.02 Å². The van der Waals surface area contributed by atoms with E-state index in [0.717, 1.165) is 46.3 Å². The molecule has 0 radical (unpaired) electrons. The van der Waals surface area contributed by atoms with Gasteiger partial charge in [-0.05, 0) is 67.7 Å². The SMILES string of the molecule is CCSc1ccc(C(=O)N(CCN(CC)CC)c2nc3c(C)cc(Cl)cc3s2)cc1. The van der Waals surface area contributed by atoms with E-state index in [1.54, 1.807) is 11.8 Å². The fraction of sp³-hybridized carbons (Fsp3) is 0.391. The van der Waals surface area contributed by atoms with E-state index in [-0.39, 0.29) is 5.91 Å². The van der Waals surface area contributed by atoms with Crippen molar-refractivity contribution in [2.45, 2.75) is 32.6 Å². The molecule has 3 rings (SSSR count). The van der Waals surface area contributed by atoms with Crippen LogP contribution in [0.4, 0.5) is 5.13 Å². The molecule has 1 amide bonds. The minimum Gasteiger partial charge on any atom is -0.302 e. The molecule has 30 heavy (non-hydrogen) atoms. The summed E-state index contributed by atoms with van der Waals surface area (Å²) >= 11 is 9.54. The Morgan fingerprint density at radius 2 is 1.80 bits per heavy atom. The number of anilines is 1. The Kier molecular flexibility index (Phi) is 8.17. The van der Waals surface area contributed by atoms with Gasteiger partial charge in [0.2, 0.25) is 0 Å². The maximum atomic E-state index is 13.5. The molecule has 0 spiro atoms. The first-order valence-electron chi connectivity index (χ1n) is 10.3. The molecule has 0 bridgehead atoms. The molecule has 0 aliphatic carbocycles. The lowest BCUT2D eigenvalue weighted by molar-refractivity contribution is 0.0983. The molecule has 4 nitrogen and oxygen atoms in total. The third-order valence-corrected chi connectivity index (χ3v) is 7.20. The maximum absolute atomic E-state index is 13.5. The van der Waals surface area contributed by atoms with Crippen molar-refractivity contribution in [2.24, 2.45) is 0 Å². The van der Waals surface area contributed by atoms with Crippen LogP contribution in [0.25, 0.3) is 10.2 Å². The number of hydrogen-bond donors (Lipinski definition) is 0. The highest BCUT2D eigenvalue weighted by Gasteiger charge is 2.22. The summed E-state index contributed by atoms with van der Waals surface area (Å²) in [6.45, 7) is 11.7. The lowest BCUT2D eigenvalue weighted by Gasteiger charge is -2.24. The number of likely N-dealkylation sites (N-methyl/N-ethyl adjacent to an activating group) is 1. The number of fused-ring (bicyclic) bond motifs is 1. The number of thiazole rings is 1. The zero-order valence-corrected chi connectivity index (χ0v) is 20.3. The van der Waals surface area contributed by atoms with E-state index >= 15 is 0 Å². The largest absolute Gasteiger partial charge is 0.302 e. The maximum Gasteiger partial charge on any atom is 0.260 e. The van der Waals surface area contributed by atoms with Crippen molar-refractivity contribution >= 4 is 56.0 Å². The van der Waals surface area contributed by atoms with Crippen LogP contribution in [0.5, 0.6) is 0 Å². The number of aryl methyl sites for hydroxylation is 1. The summed E-state index contributed by atoms with van der Waals surface area (Å²) in [6, 6.07) is 11.7. The smallest absolute Gasteiger partial charge is 0.260 e. The van der Waals surface area contributed by atoms with Gasteiger partial charge < -0.3 is 4.90 Å². The number of amides is 1. The van der Waals surface area contributed by atoms with Gasteiger partial charge in [0.1, 0.15) is 0 Å². The first kappa shape index (κ1) is 23.1. The van der Waals surface area contributed by atoms with E-state index in [4.69, 9.17) is 16.6 Å². The first-order valence-corrected chi connectivity index (χ1v) is 12.5. The number of carbonyl (C=O) groups excluding carboxylic acids is 1. The van der Waals surface area contributed by atoms with Crippen molar-refractivity contribution in [3.05, 3.63) is 52.5 Å². The summed E-state index contributed by atoms with van der Waals surface area (Å²) < 4.78 is 1.00. The van der Waals surface area contributed by atoms with Gasteiger partial charge in [0, 0.05) is 28.6 Å². The Hall–Kier alpha value is -1.60. The molecule has 1 heterocycles. The summed E-state index contributed by atoms with van der Waals surface area (Å²) in [4.78, 5) is 23.6. The van der Waals surface area contributed by atoms with Crippen LogP contribution in [0.3, 0.4) is 0 Å². The van der Waals surface area contributed by atoms with Crippen molar-refractivity contribution in [1.82, 2.24) is 9.88 Å². The van der Waals surface area contributed by atoms with E-state index < -0.39 is 0 Å². The van der Waals surface area contributed by atoms with Gasteiger partial charge in [-0.15, -0.1) is 11.8 Å². The molecule has 0 atom stereocenters. The summed E-state index contributed by atoms with van der Waals surface area (Å²) in [6.07, 6.45) is 0. The molecular weight excluding hydrogens is 434 g/mol. The summed E-state index contributed by atoms with van der Waals surface area (Å²) in [7, 11) is 0. The molecule has 7 heteroatoms. The third kappa shape index (κ3) is 5.35. The van der Waals surface area contributed by atoms with Crippen molar-refractivity contribution in [2.75, 3.05) is 36.8 Å². The second-order valence-corrected chi connectivity index (χ2v) is 9.79. The van der Waals surface area contributed by atoms with Gasteiger partial charge in [-0.2, -0.15) is 0 Å². The van der Waals surface area contributed by atoms with Gasteiger partial charge in [-0.25, -0.2) is 4.98 Å². The Morgan fingerprint density at radius 1 is 1.10 bits per heavy atom. The average molecular weight is 462 g/mol. The minimum absolute atomic E-state index is 0.0157. The van der Waals surface area contributed by atoms with Gasteiger partial charge in [-0.3, -0.25) is 9.69 Å². The van der Waals surface area contributed by atoms with E-state index in [1.165, 1.54) is 16.2 Å². The van der Waals surface area contributed by atoms with Gasteiger partial charge >= 0.3 is 0 Å². The van der Waals surface area contributed by atoms with Crippen LogP contribution in [-0.4, -0.2) is 47.7 Å². The van der Waals surface area contributed by atoms with Gasteiger partial charge in [0.15, 0.2) is 5.13 Å². The average Bonchev–Trinajstić information content (AvgIpc) is 3.16. The van der Waals surface area contributed by atoms with Crippen LogP contribution < -0.4 is 4.90 Å². The zero-order valence-electron chi connectivity index (χ0n) is 17.9. The van der Waals surface area contributed by atoms with Crippen LogP contribution in [0.1, 0.15) is 36.7 Å². The summed E-state index contributed by atoms with van der Waals surface area (Å²) in [5.41, 5.74) is 2.62. The fourth-order valence-corrected chi connectivity index (χ4v) is 5.45. The predicted molar refractivity (Wildman–Crippen MR) is 132 cm³/mol. The molecule has 0 N–H and O–H groups in total. The Bertz CT molecular complexity index is 1000. The molecule has 3 aromatic rings. The highest BCUT2D eigenvalue weighted by Crippen LogP contribution is 2.33. The quantitative estimate of drug-likeness (QED) is 0.347. The molecule has 1 aromatic heterocycles. The predicted octanol–water partition coefficient (Wildman–Crippen LogP) is 6.36. The van der Waals surface area contributed by atoms with Crippen LogP contribution >= 0.6 is 34.7 Å². The Morgan fingerprint density at radius 3 is 2.43 bits per heavy atom. The molecule has 0 fully saturated rings. The summed E-state index contributed by atoms with van der Waals surface area (Å²) in [5.74, 6) is 0.995. The van der Waals surface area contributed by atoms with Gasteiger partial charge in [0.25, 0.3) is 5.91 Å². The van der Waals surface area contributed by atoms with Gasteiger partial charge in [0.05, 0.1) is 10.2 Å². The highest BCUT2D eigenvalue weighted by molar-refractivity contribution is 7.99. The highest BCUT2D eigenvalue weighted by atomic mass is 35.5. The Balaban J connectivity index is 1.95. The van der Waals surface area contributed by atoms with Crippen molar-refractivity contribution in [3.63, 3.8) is 0 Å². The molecule has 0 aliphatic rings. The topological polar surface area (TPSA) is 36.4 Å². The number of thioether (sulfide) groups is 1. The number of carbonyl (C=O) groups is 1. The molecule has 0 unspecified atom stereocenters. The molecule has 0 saturated carbocycles. The molecular formula is C23H28ClN3OS2. The number of hydrogen-bond acceptors (Lipinski definition) is 5. The van der Waals surface area contributed by atoms with Gasteiger partial charge in [-0.1, -0.05) is 43.7 Å². The van der Waals surface area contributed by atoms with Crippen LogP contribution in [-0.2, 0) is 0 Å². The third-order valence-electron chi connectivity index (χ3n) is 5.06. The second kappa shape index (κ2) is 10.6. The molecule has 0 aliphatic heterocycles. The number of nitrogens with zero attached hydrogens (tertiary/aromatic N) is 3. The van der Waals surface area contributed by atoms with E-state index in [0.29, 0.717) is 17.1 Å². The van der Waals surface area contributed by atoms with E-state index in [9.17, 15) is 4.79 Å². The second-order valence-electron chi connectivity index (χ2n) is 7.01. The lowest BCUT2D eigenvalue weighted by Crippen LogP contribution is -2.38. The molecule has 160 valence electrons. The van der Waals surface area contributed by atoms with Crippen LogP contribution in [0.15, 0.2) is 41.3 Å². The fourth-order valence-electron chi connectivity index (χ4n) is 3.34. The van der Waals surface area contributed by atoms with Crippen molar-refractivity contribution in [1.29, 1.82) is 0 Å². The van der Waals surface area contributed by atoms with Crippen LogP contribution in [0, 0.1) is 6.92 Å². The van der Waals surface area contributed by atoms with E-state index in [1.807, 2.05) is 48.2 Å². The minimum atomic E-state index is -0.0157. The summed E-state index contributed by atoms with van der Waals surface area (Å²) in [5, 5.41) is 1.42. The Labute approximate surface area is 192 Å². The van der Waals surface area contributed by atoms with Crippen molar-refractivity contribution < 1.29 is 4.79 Å². The normalized spacial score (nSPS) is 11.4. The number of rotatable bonds is 9. The first-order chi connectivity index (χ1) is 14.5. The molecule has 0 saturated heterocycles. The monoisotopic (exact) mass is 461 g/mol. The lowest BCUT2D eigenvalue weighted by atomic mass is 10.2. The number of aromatic nitrogens is 1. The van der Waals surface area contributed by atoms with Crippen molar-refractivity contribution in [3.8, 4) is 0 Å². The standard InChI is InChI=1S/C23H28ClN3OS2/c1-5-26(6-2)12-13-27(22(28)17-8-10-19(11-9-17)29-7-3)23-25-21-16(4)14-18(24)15-20(21)30-23/h8-11,14-15H,5-7,12-13H2,1-4H3.